The first kappa shape index (κ1) is 21.0. The number of thiazole rings is 1. The summed E-state index contributed by atoms with van der Waals surface area (Å²) >= 11 is 1.27. The van der Waals surface area contributed by atoms with Crippen molar-refractivity contribution >= 4 is 28.3 Å². The van der Waals surface area contributed by atoms with Gasteiger partial charge in [0, 0.05) is 36.9 Å². The van der Waals surface area contributed by atoms with Gasteiger partial charge in [-0.1, -0.05) is 25.9 Å². The minimum atomic E-state index is -0.187. The van der Waals surface area contributed by atoms with Gasteiger partial charge >= 0.3 is 0 Å². The zero-order valence-electron chi connectivity index (χ0n) is 18.2. The largest absolute Gasteiger partial charge is 0.361 e. The van der Waals surface area contributed by atoms with Crippen molar-refractivity contribution in [1.82, 2.24) is 15.0 Å². The predicted octanol–water partition coefficient (Wildman–Crippen LogP) is 4.26. The molecule has 2 aromatic heterocycles. The smallest absolute Gasteiger partial charge is 0.273 e. The summed E-state index contributed by atoms with van der Waals surface area (Å²) in [7, 11) is 0. The molecule has 3 heterocycles. The molecular weight excluding hydrogens is 400 g/mol. The highest BCUT2D eigenvalue weighted by Gasteiger charge is 2.36. The first-order chi connectivity index (χ1) is 14.2. The Hall–Kier alpha value is -2.22. The van der Waals surface area contributed by atoms with E-state index in [0.29, 0.717) is 35.8 Å². The molecule has 1 aliphatic carbocycles. The van der Waals surface area contributed by atoms with Crippen LogP contribution in [0.3, 0.4) is 0 Å². The molecule has 4 rings (SSSR count). The van der Waals surface area contributed by atoms with E-state index in [0.717, 1.165) is 37.1 Å². The van der Waals surface area contributed by atoms with Crippen LogP contribution < -0.4 is 5.32 Å². The number of hydrogen-bond acceptors (Lipinski definition) is 6. The van der Waals surface area contributed by atoms with Crippen LogP contribution in [0.5, 0.6) is 0 Å². The predicted molar refractivity (Wildman–Crippen MR) is 116 cm³/mol. The molecule has 2 aliphatic rings. The number of carbonyl (C=O) groups is 2. The van der Waals surface area contributed by atoms with Gasteiger partial charge in [-0.05, 0) is 43.4 Å². The Morgan fingerprint density at radius 3 is 2.63 bits per heavy atom. The van der Waals surface area contributed by atoms with Gasteiger partial charge in [-0.15, -0.1) is 11.3 Å². The summed E-state index contributed by atoms with van der Waals surface area (Å²) in [4.78, 5) is 30.1. The SMILES string of the molecule is CC(=O)Nc1nc(C(=O)N2CCC(c3onc4c3CC(C(C)(C)C)CC4)CC2)cs1. The third kappa shape index (κ3) is 4.29. The molecule has 0 spiro atoms. The van der Waals surface area contributed by atoms with E-state index in [-0.39, 0.29) is 17.2 Å². The molecule has 7 nitrogen and oxygen atoms in total. The third-order valence-electron chi connectivity index (χ3n) is 6.46. The molecule has 162 valence electrons. The van der Waals surface area contributed by atoms with Crippen LogP contribution in [0.25, 0.3) is 0 Å². The minimum absolute atomic E-state index is 0.0753. The normalized spacial score (nSPS) is 20.1. The number of aryl methyl sites for hydroxylation is 1. The van der Waals surface area contributed by atoms with Crippen LogP contribution in [-0.4, -0.2) is 39.9 Å². The van der Waals surface area contributed by atoms with E-state index in [1.54, 1.807) is 5.38 Å². The number of nitrogens with one attached hydrogen (secondary N) is 1. The van der Waals surface area contributed by atoms with Gasteiger partial charge in [-0.25, -0.2) is 4.98 Å². The zero-order chi connectivity index (χ0) is 21.5. The van der Waals surface area contributed by atoms with E-state index in [2.05, 4.69) is 36.2 Å². The fraction of sp³-hybridized carbons (Fsp3) is 0.636. The first-order valence-electron chi connectivity index (χ1n) is 10.7. The lowest BCUT2D eigenvalue weighted by Gasteiger charge is -2.34. The van der Waals surface area contributed by atoms with Gasteiger partial charge in [0.2, 0.25) is 5.91 Å². The quantitative estimate of drug-likeness (QED) is 0.786. The van der Waals surface area contributed by atoms with Gasteiger partial charge in [-0.3, -0.25) is 9.59 Å². The lowest BCUT2D eigenvalue weighted by atomic mass is 9.71. The number of likely N-dealkylation sites (tertiary alicyclic amines) is 1. The number of rotatable bonds is 3. The Morgan fingerprint density at radius 1 is 1.23 bits per heavy atom. The van der Waals surface area contributed by atoms with Crippen LogP contribution in [0.2, 0.25) is 0 Å². The average Bonchev–Trinajstić information content (AvgIpc) is 3.33. The van der Waals surface area contributed by atoms with Gasteiger partial charge in [0.1, 0.15) is 11.5 Å². The molecule has 1 atom stereocenters. The number of aromatic nitrogens is 2. The van der Waals surface area contributed by atoms with Crippen molar-refractivity contribution in [3.63, 3.8) is 0 Å². The summed E-state index contributed by atoms with van der Waals surface area (Å²) in [6.45, 7) is 9.73. The molecule has 1 N–H and O–H groups in total. The number of fused-ring (bicyclic) bond motifs is 1. The minimum Gasteiger partial charge on any atom is -0.361 e. The molecule has 0 bridgehead atoms. The van der Waals surface area contributed by atoms with E-state index < -0.39 is 0 Å². The van der Waals surface area contributed by atoms with E-state index in [1.165, 1.54) is 30.2 Å². The molecule has 0 radical (unpaired) electrons. The molecule has 1 saturated heterocycles. The Morgan fingerprint density at radius 2 is 1.97 bits per heavy atom. The lowest BCUT2D eigenvalue weighted by molar-refractivity contribution is -0.114. The molecule has 1 aliphatic heterocycles. The molecular formula is C22H30N4O3S. The molecule has 1 fully saturated rings. The fourth-order valence-corrected chi connectivity index (χ4v) is 5.31. The van der Waals surface area contributed by atoms with Crippen molar-refractivity contribution in [1.29, 1.82) is 0 Å². The van der Waals surface area contributed by atoms with Crippen LogP contribution in [0.1, 0.15) is 80.4 Å². The highest BCUT2D eigenvalue weighted by molar-refractivity contribution is 7.14. The summed E-state index contributed by atoms with van der Waals surface area (Å²) in [5.41, 5.74) is 3.14. The summed E-state index contributed by atoms with van der Waals surface area (Å²) in [6.07, 6.45) is 4.95. The zero-order valence-corrected chi connectivity index (χ0v) is 19.0. The van der Waals surface area contributed by atoms with Crippen LogP contribution in [0.15, 0.2) is 9.90 Å². The van der Waals surface area contributed by atoms with Crippen LogP contribution in [0, 0.1) is 11.3 Å². The second-order valence-electron chi connectivity index (χ2n) is 9.56. The number of nitrogens with zero attached hydrogens (tertiary/aromatic N) is 3. The summed E-state index contributed by atoms with van der Waals surface area (Å²) < 4.78 is 5.83. The topological polar surface area (TPSA) is 88.3 Å². The van der Waals surface area contributed by atoms with Gasteiger partial charge in [0.05, 0.1) is 5.69 Å². The van der Waals surface area contributed by atoms with Crippen molar-refractivity contribution in [2.24, 2.45) is 11.3 Å². The second-order valence-corrected chi connectivity index (χ2v) is 10.4. The second kappa shape index (κ2) is 8.13. The molecule has 2 amide bonds. The number of carbonyl (C=O) groups excluding carboxylic acids is 2. The Kier molecular flexibility index (Phi) is 5.70. The average molecular weight is 431 g/mol. The Labute approximate surface area is 181 Å². The van der Waals surface area contributed by atoms with Crippen molar-refractivity contribution in [3.05, 3.63) is 28.1 Å². The van der Waals surface area contributed by atoms with E-state index in [1.807, 2.05) is 4.90 Å². The molecule has 1 unspecified atom stereocenters. The van der Waals surface area contributed by atoms with E-state index >= 15 is 0 Å². The highest BCUT2D eigenvalue weighted by atomic mass is 32.1. The standard InChI is InChI=1S/C22H30N4O3S/c1-13(27)23-21-24-18(12-30-21)20(28)26-9-7-14(8-10-26)19-16-11-15(22(2,3)4)5-6-17(16)25-29-19/h12,14-15H,5-11H2,1-4H3,(H,23,24,27). The van der Waals surface area contributed by atoms with E-state index in [4.69, 9.17) is 4.52 Å². The monoisotopic (exact) mass is 430 g/mol. The van der Waals surface area contributed by atoms with Gasteiger partial charge in [-0.2, -0.15) is 0 Å². The maximum Gasteiger partial charge on any atom is 0.273 e. The Balaban J connectivity index is 1.40. The van der Waals surface area contributed by atoms with E-state index in [9.17, 15) is 9.59 Å². The summed E-state index contributed by atoms with van der Waals surface area (Å²) in [6, 6.07) is 0. The number of anilines is 1. The fourth-order valence-electron chi connectivity index (χ4n) is 4.58. The maximum absolute atomic E-state index is 12.8. The number of piperidine rings is 1. The van der Waals surface area contributed by atoms with Gasteiger partial charge in [0.25, 0.3) is 5.91 Å². The van der Waals surface area contributed by atoms with Crippen LogP contribution in [-0.2, 0) is 17.6 Å². The third-order valence-corrected chi connectivity index (χ3v) is 7.22. The summed E-state index contributed by atoms with van der Waals surface area (Å²) in [5, 5.41) is 9.18. The van der Waals surface area contributed by atoms with Gasteiger partial charge < -0.3 is 14.7 Å². The van der Waals surface area contributed by atoms with Crippen molar-refractivity contribution in [2.75, 3.05) is 18.4 Å². The van der Waals surface area contributed by atoms with Crippen molar-refractivity contribution in [3.8, 4) is 0 Å². The molecule has 8 heteroatoms. The highest BCUT2D eigenvalue weighted by Crippen LogP contribution is 2.41. The number of amides is 2. The first-order valence-corrected chi connectivity index (χ1v) is 11.6. The lowest BCUT2D eigenvalue weighted by Crippen LogP contribution is -2.38. The summed E-state index contributed by atoms with van der Waals surface area (Å²) in [5.74, 6) is 1.75. The molecule has 0 aromatic carbocycles. The molecule has 2 aromatic rings. The maximum atomic E-state index is 12.8. The molecule has 30 heavy (non-hydrogen) atoms. The Bertz CT molecular complexity index is 935. The molecule has 0 saturated carbocycles. The van der Waals surface area contributed by atoms with Crippen LogP contribution >= 0.6 is 11.3 Å². The van der Waals surface area contributed by atoms with Crippen molar-refractivity contribution in [2.45, 2.75) is 65.7 Å². The van der Waals surface area contributed by atoms with Crippen molar-refractivity contribution < 1.29 is 14.1 Å². The van der Waals surface area contributed by atoms with Gasteiger partial charge in [0.15, 0.2) is 5.13 Å². The number of hydrogen-bond donors (Lipinski definition) is 1. The van der Waals surface area contributed by atoms with Crippen LogP contribution in [0.4, 0.5) is 5.13 Å².